The van der Waals surface area contributed by atoms with Crippen LogP contribution in [-0.2, 0) is 9.53 Å². The number of carbonyl (C=O) groups is 1. The second kappa shape index (κ2) is 6.68. The molecule has 0 aromatic rings. The normalized spacial score (nSPS) is 30.6. The predicted molar refractivity (Wildman–Crippen MR) is 74.8 cm³/mol. The summed E-state index contributed by atoms with van der Waals surface area (Å²) in [6.45, 7) is 8.85. The van der Waals surface area contributed by atoms with Crippen molar-refractivity contribution in [2.75, 3.05) is 39.3 Å². The van der Waals surface area contributed by atoms with Crippen molar-refractivity contribution in [2.45, 2.75) is 38.9 Å². The van der Waals surface area contributed by atoms with Crippen molar-refractivity contribution in [3.63, 3.8) is 0 Å². The molecule has 19 heavy (non-hydrogen) atoms. The first-order valence-corrected chi connectivity index (χ1v) is 7.44. The van der Waals surface area contributed by atoms with E-state index in [1.165, 1.54) is 0 Å². The van der Waals surface area contributed by atoms with Gasteiger partial charge < -0.3 is 15.4 Å². The van der Waals surface area contributed by atoms with Gasteiger partial charge in [0.1, 0.15) is 0 Å². The second-order valence-electron chi connectivity index (χ2n) is 6.01. The molecule has 2 fully saturated rings. The van der Waals surface area contributed by atoms with Crippen LogP contribution in [0.2, 0.25) is 0 Å². The van der Waals surface area contributed by atoms with Crippen molar-refractivity contribution < 1.29 is 9.53 Å². The molecule has 0 aromatic heterocycles. The summed E-state index contributed by atoms with van der Waals surface area (Å²) in [5.74, 6) is 0.892. The maximum atomic E-state index is 12.3. The Bertz CT molecular complexity index is 293. The highest BCUT2D eigenvalue weighted by Gasteiger charge is 2.27. The molecule has 2 heterocycles. The summed E-state index contributed by atoms with van der Waals surface area (Å²) in [5, 5.41) is 0. The molecular weight excluding hydrogens is 242 g/mol. The number of hydrogen-bond donors (Lipinski definition) is 1. The monoisotopic (exact) mass is 269 g/mol. The van der Waals surface area contributed by atoms with Gasteiger partial charge in [-0.25, -0.2) is 0 Å². The van der Waals surface area contributed by atoms with E-state index in [1.54, 1.807) is 0 Å². The van der Waals surface area contributed by atoms with E-state index >= 15 is 0 Å². The van der Waals surface area contributed by atoms with Crippen LogP contribution >= 0.6 is 0 Å². The molecule has 2 atom stereocenters. The first-order chi connectivity index (χ1) is 9.08. The van der Waals surface area contributed by atoms with Crippen LogP contribution in [0.4, 0.5) is 0 Å². The zero-order chi connectivity index (χ0) is 13.8. The first kappa shape index (κ1) is 14.8. The Kier molecular flexibility index (Phi) is 5.19. The van der Waals surface area contributed by atoms with Gasteiger partial charge in [-0.3, -0.25) is 9.69 Å². The molecule has 5 nitrogen and oxygen atoms in total. The number of nitrogens with two attached hydrogens (primary N) is 1. The number of morpholine rings is 1. The summed E-state index contributed by atoms with van der Waals surface area (Å²) >= 11 is 0. The molecule has 0 bridgehead atoms. The molecule has 0 spiro atoms. The molecule has 2 N–H and O–H groups in total. The Morgan fingerprint density at radius 2 is 1.79 bits per heavy atom. The molecule has 0 radical (unpaired) electrons. The lowest BCUT2D eigenvalue weighted by Crippen LogP contribution is -2.51. The van der Waals surface area contributed by atoms with Crippen molar-refractivity contribution in [3.05, 3.63) is 0 Å². The fourth-order valence-electron chi connectivity index (χ4n) is 3.05. The molecule has 2 saturated heterocycles. The van der Waals surface area contributed by atoms with Crippen LogP contribution in [0.25, 0.3) is 0 Å². The minimum Gasteiger partial charge on any atom is -0.372 e. The van der Waals surface area contributed by atoms with Crippen LogP contribution in [-0.4, -0.2) is 67.2 Å². The third-order valence-corrected chi connectivity index (χ3v) is 4.17. The molecule has 0 saturated carbocycles. The summed E-state index contributed by atoms with van der Waals surface area (Å²) in [6.07, 6.45) is 2.55. The minimum atomic E-state index is 0.149. The quantitative estimate of drug-likeness (QED) is 0.800. The van der Waals surface area contributed by atoms with E-state index in [2.05, 4.69) is 4.90 Å². The average molecular weight is 269 g/mol. The van der Waals surface area contributed by atoms with Crippen LogP contribution in [0.15, 0.2) is 0 Å². The van der Waals surface area contributed by atoms with E-state index in [0.29, 0.717) is 12.5 Å². The van der Waals surface area contributed by atoms with Gasteiger partial charge in [-0.2, -0.15) is 0 Å². The van der Waals surface area contributed by atoms with Crippen LogP contribution in [0.1, 0.15) is 26.7 Å². The number of rotatable bonds is 3. The Labute approximate surface area is 116 Å². The number of ether oxygens (including phenoxy) is 1. The third-order valence-electron chi connectivity index (χ3n) is 4.17. The molecule has 2 rings (SSSR count). The topological polar surface area (TPSA) is 58.8 Å². The number of nitrogens with zero attached hydrogens (tertiary/aromatic N) is 2. The van der Waals surface area contributed by atoms with Gasteiger partial charge in [0, 0.05) is 13.1 Å². The fraction of sp³-hybridized carbons (Fsp3) is 0.929. The molecule has 0 aromatic carbocycles. The highest BCUT2D eigenvalue weighted by Crippen LogP contribution is 2.16. The van der Waals surface area contributed by atoms with Crippen LogP contribution < -0.4 is 5.73 Å². The van der Waals surface area contributed by atoms with Gasteiger partial charge in [-0.05, 0) is 52.2 Å². The van der Waals surface area contributed by atoms with Gasteiger partial charge in [0.2, 0.25) is 5.91 Å². The lowest BCUT2D eigenvalue weighted by Gasteiger charge is -2.37. The van der Waals surface area contributed by atoms with Gasteiger partial charge in [0.25, 0.3) is 0 Å². The van der Waals surface area contributed by atoms with Gasteiger partial charge in [-0.1, -0.05) is 0 Å². The maximum Gasteiger partial charge on any atom is 0.236 e. The number of amides is 1. The molecule has 2 aliphatic rings. The molecule has 2 aliphatic heterocycles. The van der Waals surface area contributed by atoms with Crippen LogP contribution in [0.5, 0.6) is 0 Å². The third kappa shape index (κ3) is 4.16. The highest BCUT2D eigenvalue weighted by molar-refractivity contribution is 5.78. The Hall–Kier alpha value is -0.650. The van der Waals surface area contributed by atoms with E-state index in [-0.39, 0.29) is 18.1 Å². The molecule has 110 valence electrons. The van der Waals surface area contributed by atoms with Crippen molar-refractivity contribution in [1.82, 2.24) is 9.80 Å². The number of piperidine rings is 1. The van der Waals surface area contributed by atoms with Crippen LogP contribution in [0, 0.1) is 5.92 Å². The van der Waals surface area contributed by atoms with E-state index in [1.807, 2.05) is 18.7 Å². The van der Waals surface area contributed by atoms with Crippen molar-refractivity contribution in [2.24, 2.45) is 11.7 Å². The SMILES string of the molecule is CC1CN(C(=O)CN2CCC(CN)CC2)CC(C)O1. The average Bonchev–Trinajstić information content (AvgIpc) is 2.38. The largest absolute Gasteiger partial charge is 0.372 e. The number of hydrogen-bond acceptors (Lipinski definition) is 4. The van der Waals surface area contributed by atoms with E-state index < -0.39 is 0 Å². The standard InChI is InChI=1S/C14H27N3O2/c1-11-8-17(9-12(2)19-11)14(18)10-16-5-3-13(7-15)4-6-16/h11-13H,3-10,15H2,1-2H3. The maximum absolute atomic E-state index is 12.3. The summed E-state index contributed by atoms with van der Waals surface area (Å²) < 4.78 is 5.66. The van der Waals surface area contributed by atoms with Crippen molar-refractivity contribution >= 4 is 5.91 Å². The highest BCUT2D eigenvalue weighted by atomic mass is 16.5. The second-order valence-corrected chi connectivity index (χ2v) is 6.01. The smallest absolute Gasteiger partial charge is 0.236 e. The predicted octanol–water partition coefficient (Wildman–Crippen LogP) is 0.293. The molecule has 5 heteroatoms. The van der Waals surface area contributed by atoms with Gasteiger partial charge >= 0.3 is 0 Å². The fourth-order valence-corrected chi connectivity index (χ4v) is 3.05. The summed E-state index contributed by atoms with van der Waals surface area (Å²) in [6, 6.07) is 0. The Balaban J connectivity index is 1.78. The van der Waals surface area contributed by atoms with E-state index in [0.717, 1.165) is 45.6 Å². The van der Waals surface area contributed by atoms with Gasteiger partial charge in [-0.15, -0.1) is 0 Å². The Morgan fingerprint density at radius 3 is 2.32 bits per heavy atom. The van der Waals surface area contributed by atoms with Crippen molar-refractivity contribution in [1.29, 1.82) is 0 Å². The first-order valence-electron chi connectivity index (χ1n) is 7.44. The molecule has 1 amide bonds. The zero-order valence-electron chi connectivity index (χ0n) is 12.2. The van der Waals surface area contributed by atoms with Crippen molar-refractivity contribution in [3.8, 4) is 0 Å². The summed E-state index contributed by atoms with van der Waals surface area (Å²) in [5.41, 5.74) is 5.69. The molecular formula is C14H27N3O2. The molecule has 0 aliphatic carbocycles. The summed E-state index contributed by atoms with van der Waals surface area (Å²) in [4.78, 5) is 16.5. The minimum absolute atomic E-state index is 0.149. The van der Waals surface area contributed by atoms with Gasteiger partial charge in [0.05, 0.1) is 18.8 Å². The van der Waals surface area contributed by atoms with Crippen LogP contribution in [0.3, 0.4) is 0 Å². The zero-order valence-corrected chi connectivity index (χ0v) is 12.2. The molecule has 2 unspecified atom stereocenters. The Morgan fingerprint density at radius 1 is 1.21 bits per heavy atom. The lowest BCUT2D eigenvalue weighted by atomic mass is 9.97. The van der Waals surface area contributed by atoms with Gasteiger partial charge in [0.15, 0.2) is 0 Å². The number of carbonyl (C=O) groups excluding carboxylic acids is 1. The lowest BCUT2D eigenvalue weighted by molar-refractivity contribution is -0.144. The number of likely N-dealkylation sites (tertiary alicyclic amines) is 1. The van der Waals surface area contributed by atoms with E-state index in [9.17, 15) is 4.79 Å². The van der Waals surface area contributed by atoms with E-state index in [4.69, 9.17) is 10.5 Å². The summed E-state index contributed by atoms with van der Waals surface area (Å²) in [7, 11) is 0.